The Morgan fingerprint density at radius 2 is 1.97 bits per heavy atom. The van der Waals surface area contributed by atoms with Crippen LogP contribution in [0.1, 0.15) is 31.9 Å². The third-order valence-electron chi connectivity index (χ3n) is 4.26. The van der Waals surface area contributed by atoms with Gasteiger partial charge in [0.15, 0.2) is 5.69 Å². The van der Waals surface area contributed by atoms with Crippen molar-refractivity contribution in [3.8, 4) is 0 Å². The van der Waals surface area contributed by atoms with Gasteiger partial charge in [0.25, 0.3) is 0 Å². The maximum atomic E-state index is 12.5. The first-order valence-electron chi connectivity index (χ1n) is 9.34. The van der Waals surface area contributed by atoms with Crippen molar-refractivity contribution in [1.82, 2.24) is 5.32 Å². The molecule has 2 aromatic carbocycles. The standard InChI is InChI=1S/C22H24BrN3O3/c1-22(2,3)29-21(27)25-13-19(24-12-15-8-5-4-6-9-15)17-14-26(28)20-16(17)10-7-11-18(20)23/h4-12,14,19,26H,13H2,1-3H3,(H,25,27). The van der Waals surface area contributed by atoms with Crippen LogP contribution < -0.4 is 10.4 Å². The highest BCUT2D eigenvalue weighted by molar-refractivity contribution is 9.10. The molecule has 0 fully saturated rings. The summed E-state index contributed by atoms with van der Waals surface area (Å²) >= 11 is 3.45. The van der Waals surface area contributed by atoms with Gasteiger partial charge < -0.3 is 20.3 Å². The summed E-state index contributed by atoms with van der Waals surface area (Å²) in [5.41, 5.74) is 2.57. The number of para-hydroxylation sites is 1. The molecule has 2 unspecified atom stereocenters. The highest BCUT2D eigenvalue weighted by Crippen LogP contribution is 2.34. The van der Waals surface area contributed by atoms with Gasteiger partial charge in [0, 0.05) is 23.9 Å². The number of aliphatic imine (C=N–C) groups is 1. The molecular weight excluding hydrogens is 434 g/mol. The lowest BCUT2D eigenvalue weighted by atomic mass is 10.0. The normalized spacial score (nSPS) is 17.0. The molecule has 2 atom stereocenters. The zero-order valence-electron chi connectivity index (χ0n) is 16.6. The fourth-order valence-corrected chi connectivity index (χ4v) is 3.60. The number of fused-ring (bicyclic) bond motifs is 1. The maximum absolute atomic E-state index is 12.5. The second kappa shape index (κ2) is 8.90. The number of nitrogens with one attached hydrogen (secondary N) is 2. The number of hydrogen-bond donors (Lipinski definition) is 2. The zero-order chi connectivity index (χ0) is 21.0. The minimum absolute atomic E-state index is 0.0698. The van der Waals surface area contributed by atoms with Gasteiger partial charge in [0.2, 0.25) is 0 Å². The number of alkyl carbamates (subject to hydrolysis) is 1. The number of rotatable bonds is 5. The Bertz CT molecular complexity index is 936. The van der Waals surface area contributed by atoms with E-state index in [0.717, 1.165) is 21.2 Å². The minimum Gasteiger partial charge on any atom is -0.624 e. The lowest BCUT2D eigenvalue weighted by molar-refractivity contribution is -0.711. The first kappa shape index (κ1) is 21.2. The Hall–Kier alpha value is -2.48. The van der Waals surface area contributed by atoms with E-state index in [1.54, 1.807) is 12.4 Å². The molecule has 1 heterocycles. The molecule has 0 radical (unpaired) electrons. The predicted molar refractivity (Wildman–Crippen MR) is 118 cm³/mol. The van der Waals surface area contributed by atoms with E-state index in [1.165, 1.54) is 0 Å². The summed E-state index contributed by atoms with van der Waals surface area (Å²) in [6.07, 6.45) is 2.83. The van der Waals surface area contributed by atoms with Crippen LogP contribution in [0.4, 0.5) is 10.5 Å². The first-order chi connectivity index (χ1) is 13.7. The molecule has 0 bridgehead atoms. The highest BCUT2D eigenvalue weighted by atomic mass is 79.9. The summed E-state index contributed by atoms with van der Waals surface area (Å²) in [5.74, 6) is 0. The largest absolute Gasteiger partial charge is 0.624 e. The van der Waals surface area contributed by atoms with Crippen LogP contribution in [0.5, 0.6) is 0 Å². The number of nitrogens with zero attached hydrogens (tertiary/aromatic N) is 1. The van der Waals surface area contributed by atoms with Gasteiger partial charge in [-0.15, -0.1) is 0 Å². The molecule has 1 aliphatic heterocycles. The SMILES string of the molecule is CC(C)(C)OC(=O)NCC(N=Cc1ccccc1)C1=C[NH+]([O-])c2c(Br)cccc21. The van der Waals surface area contributed by atoms with E-state index in [4.69, 9.17) is 4.74 Å². The Labute approximate surface area is 179 Å². The fraction of sp³-hybridized carbons (Fsp3) is 0.273. The summed E-state index contributed by atoms with van der Waals surface area (Å²) in [5, 5.41) is 15.2. The number of carbonyl (C=O) groups is 1. The van der Waals surface area contributed by atoms with E-state index in [9.17, 15) is 10.0 Å². The van der Waals surface area contributed by atoms with Gasteiger partial charge in [-0.2, -0.15) is 0 Å². The van der Waals surface area contributed by atoms with Crippen LogP contribution >= 0.6 is 15.9 Å². The molecule has 0 saturated carbocycles. The zero-order valence-corrected chi connectivity index (χ0v) is 18.2. The molecule has 0 aromatic heterocycles. The lowest BCUT2D eigenvalue weighted by Crippen LogP contribution is -2.95. The smallest absolute Gasteiger partial charge is 0.407 e. The fourth-order valence-electron chi connectivity index (χ4n) is 3.03. The summed E-state index contributed by atoms with van der Waals surface area (Å²) in [7, 11) is 0. The summed E-state index contributed by atoms with van der Waals surface area (Å²) < 4.78 is 6.07. The van der Waals surface area contributed by atoms with Crippen LogP contribution in [0.15, 0.2) is 64.2 Å². The molecule has 1 amide bonds. The number of amides is 1. The molecule has 152 valence electrons. The molecule has 2 N–H and O–H groups in total. The third-order valence-corrected chi connectivity index (χ3v) is 4.92. The Kier molecular flexibility index (Phi) is 6.52. The van der Waals surface area contributed by atoms with Crippen molar-refractivity contribution in [2.75, 3.05) is 6.54 Å². The van der Waals surface area contributed by atoms with Crippen LogP contribution in [0.3, 0.4) is 0 Å². The van der Waals surface area contributed by atoms with Crippen molar-refractivity contribution in [3.05, 3.63) is 75.5 Å². The van der Waals surface area contributed by atoms with E-state index < -0.39 is 17.7 Å². The molecule has 2 aromatic rings. The van der Waals surface area contributed by atoms with Gasteiger partial charge in [-0.3, -0.25) is 4.99 Å². The minimum atomic E-state index is -0.590. The number of hydroxylamine groups is 1. The van der Waals surface area contributed by atoms with Crippen molar-refractivity contribution in [2.24, 2.45) is 4.99 Å². The van der Waals surface area contributed by atoms with Gasteiger partial charge >= 0.3 is 6.09 Å². The second-order valence-electron chi connectivity index (χ2n) is 7.71. The summed E-state index contributed by atoms with van der Waals surface area (Å²) in [4.78, 5) is 16.8. The van der Waals surface area contributed by atoms with E-state index in [2.05, 4.69) is 26.2 Å². The number of carbonyl (C=O) groups excluding carboxylic acids is 1. The van der Waals surface area contributed by atoms with Crippen LogP contribution in [0, 0.1) is 5.21 Å². The summed E-state index contributed by atoms with van der Waals surface area (Å²) in [6, 6.07) is 14.9. The van der Waals surface area contributed by atoms with E-state index in [-0.39, 0.29) is 11.6 Å². The topological polar surface area (TPSA) is 78.2 Å². The van der Waals surface area contributed by atoms with Crippen LogP contribution in [0.2, 0.25) is 0 Å². The van der Waals surface area contributed by atoms with Gasteiger partial charge in [-0.25, -0.2) is 4.79 Å². The second-order valence-corrected chi connectivity index (χ2v) is 8.57. The Morgan fingerprint density at radius 1 is 1.24 bits per heavy atom. The number of ether oxygens (including phenoxy) is 1. The molecule has 3 rings (SSSR count). The molecule has 29 heavy (non-hydrogen) atoms. The molecule has 7 heteroatoms. The third kappa shape index (κ3) is 5.53. The summed E-state index contributed by atoms with van der Waals surface area (Å²) in [6.45, 7) is 5.64. The molecule has 1 aliphatic rings. The number of quaternary nitrogens is 1. The molecular formula is C22H24BrN3O3. The van der Waals surface area contributed by atoms with Crippen LogP contribution in [0.25, 0.3) is 5.57 Å². The monoisotopic (exact) mass is 457 g/mol. The van der Waals surface area contributed by atoms with Crippen molar-refractivity contribution in [1.29, 1.82) is 0 Å². The number of hydrogen-bond acceptors (Lipinski definition) is 4. The predicted octanol–water partition coefficient (Wildman–Crippen LogP) is 3.83. The average Bonchev–Trinajstić information content (AvgIpc) is 2.99. The molecule has 6 nitrogen and oxygen atoms in total. The first-order valence-corrected chi connectivity index (χ1v) is 10.1. The van der Waals surface area contributed by atoms with Gasteiger partial charge in [-0.1, -0.05) is 36.4 Å². The Morgan fingerprint density at radius 3 is 2.66 bits per heavy atom. The molecule has 0 aliphatic carbocycles. The van der Waals surface area contributed by atoms with Gasteiger partial charge in [0.1, 0.15) is 11.8 Å². The maximum Gasteiger partial charge on any atom is 0.407 e. The molecule has 0 saturated heterocycles. The van der Waals surface area contributed by atoms with Gasteiger partial charge in [-0.05, 0) is 54.4 Å². The quantitative estimate of drug-likeness (QED) is 0.528. The van der Waals surface area contributed by atoms with Crippen molar-refractivity contribution in [2.45, 2.75) is 32.4 Å². The van der Waals surface area contributed by atoms with E-state index >= 15 is 0 Å². The van der Waals surface area contributed by atoms with Crippen molar-refractivity contribution >= 4 is 39.5 Å². The van der Waals surface area contributed by atoms with Crippen LogP contribution in [-0.2, 0) is 4.74 Å². The van der Waals surface area contributed by atoms with Gasteiger partial charge in [0.05, 0.1) is 10.5 Å². The van der Waals surface area contributed by atoms with Crippen LogP contribution in [-0.4, -0.2) is 30.5 Å². The Balaban J connectivity index is 1.86. The molecule has 0 spiro atoms. The van der Waals surface area contributed by atoms with E-state index in [0.29, 0.717) is 5.69 Å². The lowest BCUT2D eigenvalue weighted by Gasteiger charge is -2.21. The van der Waals surface area contributed by atoms with Crippen molar-refractivity contribution < 1.29 is 14.6 Å². The number of benzene rings is 2. The van der Waals surface area contributed by atoms with Crippen molar-refractivity contribution in [3.63, 3.8) is 0 Å². The average molecular weight is 458 g/mol. The number of halogens is 1. The highest BCUT2D eigenvalue weighted by Gasteiger charge is 2.30. The van der Waals surface area contributed by atoms with E-state index in [1.807, 2.05) is 69.3 Å².